The maximum Gasteiger partial charge on any atom is 0.338 e. The molecule has 164 valence electrons. The van der Waals surface area contributed by atoms with Gasteiger partial charge >= 0.3 is 12.0 Å². The Morgan fingerprint density at radius 2 is 1.77 bits per heavy atom. The molecule has 1 unspecified atom stereocenters. The molecule has 0 saturated carbocycles. The number of unbranched alkanes of at least 4 members (excludes halogenated alkanes) is 1. The minimum atomic E-state index is -0.579. The molecule has 2 amide bonds. The summed E-state index contributed by atoms with van der Waals surface area (Å²) in [6, 6.07) is 13.9. The van der Waals surface area contributed by atoms with Gasteiger partial charge in [-0.25, -0.2) is 9.59 Å². The largest absolute Gasteiger partial charge is 0.489 e. The van der Waals surface area contributed by atoms with Gasteiger partial charge in [-0.05, 0) is 55.2 Å². The van der Waals surface area contributed by atoms with Gasteiger partial charge < -0.3 is 20.1 Å². The Bertz CT molecular complexity index is 939. The van der Waals surface area contributed by atoms with E-state index in [1.165, 1.54) is 0 Å². The van der Waals surface area contributed by atoms with E-state index in [0.717, 1.165) is 24.0 Å². The molecule has 2 aromatic rings. The number of urea groups is 1. The van der Waals surface area contributed by atoms with Gasteiger partial charge in [-0.15, -0.1) is 0 Å². The Morgan fingerprint density at radius 1 is 1.06 bits per heavy atom. The second-order valence-corrected chi connectivity index (χ2v) is 7.67. The van der Waals surface area contributed by atoms with Crippen molar-refractivity contribution in [1.29, 1.82) is 0 Å². The van der Waals surface area contributed by atoms with Crippen LogP contribution in [0.4, 0.5) is 4.79 Å². The molecule has 31 heavy (non-hydrogen) atoms. The highest BCUT2D eigenvalue weighted by Gasteiger charge is 2.33. The van der Waals surface area contributed by atoms with Gasteiger partial charge in [0.1, 0.15) is 12.4 Å². The smallest absolute Gasteiger partial charge is 0.338 e. The van der Waals surface area contributed by atoms with E-state index < -0.39 is 12.0 Å². The summed E-state index contributed by atoms with van der Waals surface area (Å²) in [6.07, 6.45) is 2.42. The van der Waals surface area contributed by atoms with E-state index in [0.29, 0.717) is 35.1 Å². The van der Waals surface area contributed by atoms with Crippen molar-refractivity contribution in [3.63, 3.8) is 0 Å². The molecule has 3 rings (SSSR count). The SMILES string of the molecule is CCCCC1=C(C(=O)OCC)C(c2ccc(OCc3ccc(Cl)cc3)cc2)NC(=O)N1. The molecule has 0 aliphatic carbocycles. The number of esters is 1. The van der Waals surface area contributed by atoms with E-state index in [9.17, 15) is 9.59 Å². The summed E-state index contributed by atoms with van der Waals surface area (Å²) in [7, 11) is 0. The molecule has 1 aliphatic rings. The van der Waals surface area contributed by atoms with Gasteiger partial charge in [0, 0.05) is 10.7 Å². The van der Waals surface area contributed by atoms with Crippen LogP contribution in [0.25, 0.3) is 0 Å². The van der Waals surface area contributed by atoms with Crippen LogP contribution >= 0.6 is 11.6 Å². The number of hydrogen-bond acceptors (Lipinski definition) is 4. The zero-order valence-corrected chi connectivity index (χ0v) is 18.5. The molecule has 0 bridgehead atoms. The topological polar surface area (TPSA) is 76.7 Å². The van der Waals surface area contributed by atoms with Gasteiger partial charge in [-0.2, -0.15) is 0 Å². The number of benzene rings is 2. The lowest BCUT2D eigenvalue weighted by Crippen LogP contribution is -2.46. The fourth-order valence-electron chi connectivity index (χ4n) is 3.37. The summed E-state index contributed by atoms with van der Waals surface area (Å²) >= 11 is 5.91. The summed E-state index contributed by atoms with van der Waals surface area (Å²) < 4.78 is 11.1. The molecular formula is C24H27ClN2O4. The van der Waals surface area contributed by atoms with E-state index in [4.69, 9.17) is 21.1 Å². The average Bonchev–Trinajstić information content (AvgIpc) is 2.77. The van der Waals surface area contributed by atoms with Crippen LogP contribution < -0.4 is 15.4 Å². The maximum atomic E-state index is 12.7. The molecule has 1 aliphatic heterocycles. The first-order valence-corrected chi connectivity index (χ1v) is 10.8. The van der Waals surface area contributed by atoms with Crippen molar-refractivity contribution >= 4 is 23.6 Å². The summed E-state index contributed by atoms with van der Waals surface area (Å²) in [5.74, 6) is 0.265. The standard InChI is InChI=1S/C24H27ClN2O4/c1-3-5-6-20-21(23(28)30-4-2)22(27-24(29)26-20)17-9-13-19(14-10-17)31-15-16-7-11-18(25)12-8-16/h7-14,22H,3-6,15H2,1-2H3,(H2,26,27,29). The second-order valence-electron chi connectivity index (χ2n) is 7.23. The first-order chi connectivity index (χ1) is 15.0. The summed E-state index contributed by atoms with van der Waals surface area (Å²) in [6.45, 7) is 4.51. The Labute approximate surface area is 187 Å². The monoisotopic (exact) mass is 442 g/mol. The highest BCUT2D eigenvalue weighted by Crippen LogP contribution is 2.30. The summed E-state index contributed by atoms with van der Waals surface area (Å²) in [5, 5.41) is 6.32. The number of carbonyl (C=O) groups is 2. The molecule has 6 nitrogen and oxygen atoms in total. The number of allylic oxidation sites excluding steroid dienone is 1. The van der Waals surface area contributed by atoms with Gasteiger partial charge in [-0.3, -0.25) is 0 Å². The predicted octanol–water partition coefficient (Wildman–Crippen LogP) is 5.28. The van der Waals surface area contributed by atoms with Crippen molar-refractivity contribution in [1.82, 2.24) is 10.6 Å². The number of ether oxygens (including phenoxy) is 2. The molecule has 7 heteroatoms. The number of rotatable bonds is 9. The van der Waals surface area contributed by atoms with Crippen LogP contribution in [-0.4, -0.2) is 18.6 Å². The van der Waals surface area contributed by atoms with Gasteiger partial charge in [0.25, 0.3) is 0 Å². The van der Waals surface area contributed by atoms with Gasteiger partial charge in [-0.1, -0.05) is 49.2 Å². The summed E-state index contributed by atoms with van der Waals surface area (Å²) in [5.41, 5.74) is 2.86. The number of carbonyl (C=O) groups excluding carboxylic acids is 2. The first-order valence-electron chi connectivity index (χ1n) is 10.5. The lowest BCUT2D eigenvalue weighted by atomic mass is 9.93. The molecule has 2 aromatic carbocycles. The van der Waals surface area contributed by atoms with Gasteiger partial charge in [0.05, 0.1) is 18.2 Å². The third kappa shape index (κ3) is 6.01. The lowest BCUT2D eigenvalue weighted by Gasteiger charge is -2.29. The molecule has 0 saturated heterocycles. The van der Waals surface area contributed by atoms with Gasteiger partial charge in [0.2, 0.25) is 0 Å². The van der Waals surface area contributed by atoms with Gasteiger partial charge in [0.15, 0.2) is 0 Å². The molecular weight excluding hydrogens is 416 g/mol. The molecule has 0 radical (unpaired) electrons. The minimum Gasteiger partial charge on any atom is -0.489 e. The van der Waals surface area contributed by atoms with Crippen molar-refractivity contribution in [2.45, 2.75) is 45.8 Å². The highest BCUT2D eigenvalue weighted by molar-refractivity contribution is 6.30. The van der Waals surface area contributed by atoms with E-state index in [1.807, 2.05) is 48.5 Å². The Morgan fingerprint density at radius 3 is 2.42 bits per heavy atom. The van der Waals surface area contributed by atoms with Crippen molar-refractivity contribution < 1.29 is 19.1 Å². The van der Waals surface area contributed by atoms with Crippen LogP contribution in [0.15, 0.2) is 59.8 Å². The van der Waals surface area contributed by atoms with Crippen LogP contribution in [0.1, 0.15) is 50.3 Å². The number of nitrogens with one attached hydrogen (secondary N) is 2. The molecule has 0 aromatic heterocycles. The third-order valence-electron chi connectivity index (χ3n) is 4.96. The average molecular weight is 443 g/mol. The lowest BCUT2D eigenvalue weighted by molar-refractivity contribution is -0.139. The first kappa shape index (κ1) is 22.7. The molecule has 0 spiro atoms. The number of amides is 2. The minimum absolute atomic E-state index is 0.265. The van der Waals surface area contributed by atoms with Crippen molar-refractivity contribution in [3.8, 4) is 5.75 Å². The Kier molecular flexibility index (Phi) is 7.95. The number of hydrogen-bond donors (Lipinski definition) is 2. The maximum absolute atomic E-state index is 12.7. The number of halogens is 1. The Balaban J connectivity index is 1.80. The second kappa shape index (κ2) is 10.9. The zero-order chi connectivity index (χ0) is 22.2. The predicted molar refractivity (Wildman–Crippen MR) is 120 cm³/mol. The fourth-order valence-corrected chi connectivity index (χ4v) is 3.50. The quantitative estimate of drug-likeness (QED) is 0.518. The highest BCUT2D eigenvalue weighted by atomic mass is 35.5. The third-order valence-corrected chi connectivity index (χ3v) is 5.21. The molecule has 2 N–H and O–H groups in total. The normalized spacial score (nSPS) is 15.8. The molecule has 0 fully saturated rings. The molecule has 1 atom stereocenters. The Hall–Kier alpha value is -2.99. The van der Waals surface area contributed by atoms with Crippen molar-refractivity contribution in [2.75, 3.05) is 6.61 Å². The zero-order valence-electron chi connectivity index (χ0n) is 17.7. The van der Waals surface area contributed by atoms with E-state index in [-0.39, 0.29) is 12.6 Å². The van der Waals surface area contributed by atoms with E-state index in [1.54, 1.807) is 6.92 Å². The van der Waals surface area contributed by atoms with Crippen LogP contribution in [0.5, 0.6) is 5.75 Å². The van der Waals surface area contributed by atoms with Crippen molar-refractivity contribution in [2.24, 2.45) is 0 Å². The van der Waals surface area contributed by atoms with E-state index >= 15 is 0 Å². The van der Waals surface area contributed by atoms with Crippen molar-refractivity contribution in [3.05, 3.63) is 76.0 Å². The summed E-state index contributed by atoms with van der Waals surface area (Å²) in [4.78, 5) is 25.0. The van der Waals surface area contributed by atoms with E-state index in [2.05, 4.69) is 17.6 Å². The molecule has 1 heterocycles. The van der Waals surface area contributed by atoms with Crippen LogP contribution in [-0.2, 0) is 16.1 Å². The van der Waals surface area contributed by atoms with Crippen LogP contribution in [0, 0.1) is 0 Å². The van der Waals surface area contributed by atoms with Crippen LogP contribution in [0.3, 0.4) is 0 Å². The fraction of sp³-hybridized carbons (Fsp3) is 0.333. The van der Waals surface area contributed by atoms with Crippen LogP contribution in [0.2, 0.25) is 5.02 Å².